The number of thiophene rings is 1. The Morgan fingerprint density at radius 2 is 2.39 bits per heavy atom. The van der Waals surface area contributed by atoms with Gasteiger partial charge in [0.05, 0.1) is 11.0 Å². The fraction of sp³-hybridized carbons (Fsp3) is 0.636. The van der Waals surface area contributed by atoms with Crippen molar-refractivity contribution in [1.82, 2.24) is 10.0 Å². The van der Waals surface area contributed by atoms with Crippen LogP contribution in [0.5, 0.6) is 0 Å². The van der Waals surface area contributed by atoms with Crippen molar-refractivity contribution in [3.05, 3.63) is 16.3 Å². The van der Waals surface area contributed by atoms with Crippen molar-refractivity contribution in [2.45, 2.75) is 30.4 Å². The summed E-state index contributed by atoms with van der Waals surface area (Å²) in [5, 5.41) is 4.77. The van der Waals surface area contributed by atoms with Crippen molar-refractivity contribution in [3.8, 4) is 0 Å². The zero-order chi connectivity index (χ0) is 13.0. The predicted molar refractivity (Wildman–Crippen MR) is 71.2 cm³/mol. The van der Waals surface area contributed by atoms with Crippen molar-refractivity contribution in [2.24, 2.45) is 0 Å². The molecule has 1 fully saturated rings. The van der Waals surface area contributed by atoms with Gasteiger partial charge in [0.15, 0.2) is 0 Å². The lowest BCUT2D eigenvalue weighted by Gasteiger charge is -2.11. The van der Waals surface area contributed by atoms with E-state index in [9.17, 15) is 8.42 Å². The van der Waals surface area contributed by atoms with Gasteiger partial charge in [-0.05, 0) is 31.3 Å². The van der Waals surface area contributed by atoms with E-state index in [4.69, 9.17) is 4.74 Å². The first-order chi connectivity index (χ1) is 8.63. The summed E-state index contributed by atoms with van der Waals surface area (Å²) < 4.78 is 32.4. The van der Waals surface area contributed by atoms with E-state index in [0.29, 0.717) is 18.0 Å². The second-order valence-corrected chi connectivity index (χ2v) is 6.96. The molecule has 18 heavy (non-hydrogen) atoms. The molecular formula is C11H18N2O3S2. The van der Waals surface area contributed by atoms with Crippen LogP contribution in [0.25, 0.3) is 0 Å². The Morgan fingerprint density at radius 3 is 3.06 bits per heavy atom. The van der Waals surface area contributed by atoms with E-state index in [2.05, 4.69) is 10.0 Å². The Hall–Kier alpha value is -0.470. The molecule has 0 bridgehead atoms. The molecule has 0 aromatic carbocycles. The van der Waals surface area contributed by atoms with Gasteiger partial charge >= 0.3 is 0 Å². The Bertz CT molecular complexity index is 478. The minimum absolute atomic E-state index is 0.0196. The highest BCUT2D eigenvalue weighted by molar-refractivity contribution is 7.89. The minimum atomic E-state index is -3.42. The van der Waals surface area contributed by atoms with E-state index in [0.717, 1.165) is 24.3 Å². The molecule has 5 nitrogen and oxygen atoms in total. The third-order valence-corrected chi connectivity index (χ3v) is 5.41. The van der Waals surface area contributed by atoms with Crippen LogP contribution in [0.1, 0.15) is 17.7 Å². The number of nitrogens with one attached hydrogen (secondary N) is 2. The molecule has 2 N–H and O–H groups in total. The second kappa shape index (κ2) is 6.12. The highest BCUT2D eigenvalue weighted by atomic mass is 32.2. The quantitative estimate of drug-likeness (QED) is 0.818. The molecule has 1 aromatic rings. The maximum Gasteiger partial charge on any atom is 0.241 e. The highest BCUT2D eigenvalue weighted by Gasteiger charge is 2.22. The maximum absolute atomic E-state index is 12.2. The molecule has 2 heterocycles. The van der Waals surface area contributed by atoms with E-state index >= 15 is 0 Å². The molecule has 1 saturated heterocycles. The lowest BCUT2D eigenvalue weighted by atomic mass is 10.2. The molecule has 1 atom stereocenters. The SMILES string of the molecule is CNCc1sccc1S(=O)(=O)NCC1CCCO1. The van der Waals surface area contributed by atoms with E-state index in [-0.39, 0.29) is 6.10 Å². The largest absolute Gasteiger partial charge is 0.377 e. The van der Waals surface area contributed by atoms with Crippen LogP contribution in [0.4, 0.5) is 0 Å². The lowest BCUT2D eigenvalue weighted by molar-refractivity contribution is 0.114. The summed E-state index contributed by atoms with van der Waals surface area (Å²) in [7, 11) is -1.62. The van der Waals surface area contributed by atoms with Gasteiger partial charge in [-0.15, -0.1) is 11.3 Å². The fourth-order valence-electron chi connectivity index (χ4n) is 1.94. The van der Waals surface area contributed by atoms with E-state index in [1.165, 1.54) is 11.3 Å². The monoisotopic (exact) mass is 290 g/mol. The number of hydrogen-bond donors (Lipinski definition) is 2. The first kappa shape index (κ1) is 14.0. The first-order valence-corrected chi connectivity index (χ1v) is 8.32. The van der Waals surface area contributed by atoms with Crippen LogP contribution in [0.15, 0.2) is 16.3 Å². The maximum atomic E-state index is 12.2. The molecule has 0 amide bonds. The third-order valence-electron chi connectivity index (χ3n) is 2.86. The van der Waals surface area contributed by atoms with Crippen LogP contribution in [0.2, 0.25) is 0 Å². The van der Waals surface area contributed by atoms with Crippen LogP contribution in [0.3, 0.4) is 0 Å². The first-order valence-electron chi connectivity index (χ1n) is 5.95. The molecule has 2 rings (SSSR count). The van der Waals surface area contributed by atoms with Crippen LogP contribution < -0.4 is 10.0 Å². The average Bonchev–Trinajstić information content (AvgIpc) is 2.97. The summed E-state index contributed by atoms with van der Waals surface area (Å²) in [5.74, 6) is 0. The van der Waals surface area contributed by atoms with Gasteiger partial charge in [0.25, 0.3) is 0 Å². The molecule has 0 spiro atoms. The normalized spacial score (nSPS) is 20.4. The standard InChI is InChI=1S/C11H18N2O3S2/c1-12-8-10-11(4-6-17-10)18(14,15)13-7-9-3-2-5-16-9/h4,6,9,12-13H,2-3,5,7-8H2,1H3. The van der Waals surface area contributed by atoms with E-state index in [1.807, 2.05) is 0 Å². The van der Waals surface area contributed by atoms with Crippen LogP contribution in [-0.4, -0.2) is 34.7 Å². The Labute approximate surface area is 112 Å². The summed E-state index contributed by atoms with van der Waals surface area (Å²) >= 11 is 1.45. The topological polar surface area (TPSA) is 67.4 Å². The molecule has 0 saturated carbocycles. The van der Waals surface area contributed by atoms with E-state index < -0.39 is 10.0 Å². The van der Waals surface area contributed by atoms with Gasteiger partial charge in [0.2, 0.25) is 10.0 Å². The van der Waals surface area contributed by atoms with Crippen LogP contribution in [-0.2, 0) is 21.3 Å². The lowest BCUT2D eigenvalue weighted by Crippen LogP contribution is -2.32. The zero-order valence-electron chi connectivity index (χ0n) is 10.3. The van der Waals surface area contributed by atoms with Gasteiger partial charge in [0.1, 0.15) is 0 Å². The van der Waals surface area contributed by atoms with Crippen LogP contribution >= 0.6 is 11.3 Å². The third kappa shape index (κ3) is 3.30. The zero-order valence-corrected chi connectivity index (χ0v) is 11.9. The summed E-state index contributed by atoms with van der Waals surface area (Å²) in [4.78, 5) is 1.21. The molecule has 102 valence electrons. The van der Waals surface area contributed by atoms with E-state index in [1.54, 1.807) is 18.5 Å². The molecule has 1 unspecified atom stereocenters. The summed E-state index contributed by atoms with van der Waals surface area (Å²) in [6.07, 6.45) is 1.96. The second-order valence-electron chi connectivity index (χ2n) is 4.23. The molecule has 0 radical (unpaired) electrons. The van der Waals surface area contributed by atoms with Crippen molar-refractivity contribution < 1.29 is 13.2 Å². The summed E-state index contributed by atoms with van der Waals surface area (Å²) in [6.45, 7) is 1.65. The molecule has 1 aliphatic heterocycles. The van der Waals surface area contributed by atoms with Gasteiger partial charge in [-0.1, -0.05) is 0 Å². The van der Waals surface area contributed by atoms with Gasteiger partial charge in [-0.3, -0.25) is 0 Å². The molecule has 0 aliphatic carbocycles. The summed E-state index contributed by atoms with van der Waals surface area (Å²) in [5.41, 5.74) is 0. The smallest absolute Gasteiger partial charge is 0.241 e. The van der Waals surface area contributed by atoms with Crippen molar-refractivity contribution in [3.63, 3.8) is 0 Å². The number of hydrogen-bond acceptors (Lipinski definition) is 5. The Balaban J connectivity index is 2.02. The van der Waals surface area contributed by atoms with Gasteiger partial charge in [-0.2, -0.15) is 0 Å². The molecular weight excluding hydrogens is 272 g/mol. The average molecular weight is 290 g/mol. The molecule has 7 heteroatoms. The Morgan fingerprint density at radius 1 is 1.56 bits per heavy atom. The van der Waals surface area contributed by atoms with Gasteiger partial charge in [-0.25, -0.2) is 13.1 Å². The number of ether oxygens (including phenoxy) is 1. The van der Waals surface area contributed by atoms with Crippen molar-refractivity contribution >= 4 is 21.4 Å². The number of sulfonamides is 1. The van der Waals surface area contributed by atoms with Crippen molar-refractivity contribution in [2.75, 3.05) is 20.2 Å². The fourth-order valence-corrected chi connectivity index (χ4v) is 4.46. The predicted octanol–water partition coefficient (Wildman–Crippen LogP) is 0.925. The van der Waals surface area contributed by atoms with Gasteiger partial charge in [0, 0.05) is 24.6 Å². The summed E-state index contributed by atoms with van der Waals surface area (Å²) in [6, 6.07) is 1.65. The van der Waals surface area contributed by atoms with Crippen molar-refractivity contribution in [1.29, 1.82) is 0 Å². The Kier molecular flexibility index (Phi) is 4.74. The minimum Gasteiger partial charge on any atom is -0.377 e. The molecule has 1 aliphatic rings. The highest BCUT2D eigenvalue weighted by Crippen LogP contribution is 2.22. The number of rotatable bonds is 6. The van der Waals surface area contributed by atoms with Gasteiger partial charge < -0.3 is 10.1 Å². The van der Waals surface area contributed by atoms with Crippen LogP contribution in [0, 0.1) is 0 Å². The molecule has 1 aromatic heterocycles.